The molecule has 0 bridgehead atoms. The molecule has 1 fully saturated rings. The Hall–Kier alpha value is -2.39. The first-order chi connectivity index (χ1) is 14.1. The van der Waals surface area contributed by atoms with Crippen molar-refractivity contribution in [1.29, 1.82) is 0 Å². The van der Waals surface area contributed by atoms with Gasteiger partial charge in [-0.05, 0) is 37.3 Å². The fraction of sp³-hybridized carbons (Fsp3) is 0.350. The van der Waals surface area contributed by atoms with Crippen molar-refractivity contribution in [2.45, 2.75) is 13.0 Å². The minimum Gasteiger partial charge on any atom is -0.368 e. The third kappa shape index (κ3) is 4.84. The van der Waals surface area contributed by atoms with Gasteiger partial charge in [0.1, 0.15) is 6.04 Å². The van der Waals surface area contributed by atoms with Gasteiger partial charge >= 0.3 is 0 Å². The van der Waals surface area contributed by atoms with E-state index in [9.17, 15) is 22.0 Å². The molecule has 1 heterocycles. The number of piperazine rings is 1. The summed E-state index contributed by atoms with van der Waals surface area (Å²) in [5.41, 5.74) is 0.844. The molecule has 1 aliphatic rings. The first-order valence-corrected chi connectivity index (χ1v) is 11.5. The number of rotatable bonds is 5. The Bertz CT molecular complexity index is 1040. The summed E-state index contributed by atoms with van der Waals surface area (Å²) in [6, 6.07) is 9.05. The molecule has 2 aromatic rings. The zero-order chi connectivity index (χ0) is 22.1. The molecule has 1 atom stereocenters. The van der Waals surface area contributed by atoms with Gasteiger partial charge in [0.25, 0.3) is 0 Å². The number of sulfonamides is 1. The molecular weight excluding hydrogens is 436 g/mol. The van der Waals surface area contributed by atoms with Crippen molar-refractivity contribution in [3.63, 3.8) is 0 Å². The van der Waals surface area contributed by atoms with Crippen LogP contribution in [0.15, 0.2) is 42.5 Å². The zero-order valence-corrected chi connectivity index (χ0v) is 18.1. The largest absolute Gasteiger partial charge is 0.368 e. The maximum atomic E-state index is 13.7. The van der Waals surface area contributed by atoms with Crippen LogP contribution in [0.4, 0.5) is 20.2 Å². The minimum absolute atomic E-state index is 0.102. The highest BCUT2D eigenvalue weighted by molar-refractivity contribution is 7.92. The number of hydrogen-bond donors (Lipinski definition) is 0. The van der Waals surface area contributed by atoms with Crippen LogP contribution < -0.4 is 9.21 Å². The Labute approximate surface area is 179 Å². The lowest BCUT2D eigenvalue weighted by Gasteiger charge is -2.39. The summed E-state index contributed by atoms with van der Waals surface area (Å²) in [4.78, 5) is 16.7. The minimum atomic E-state index is -3.92. The highest BCUT2D eigenvalue weighted by Gasteiger charge is 2.33. The molecule has 30 heavy (non-hydrogen) atoms. The second-order valence-electron chi connectivity index (χ2n) is 7.13. The van der Waals surface area contributed by atoms with E-state index >= 15 is 0 Å². The van der Waals surface area contributed by atoms with Crippen molar-refractivity contribution in [2.24, 2.45) is 0 Å². The van der Waals surface area contributed by atoms with Gasteiger partial charge in [-0.25, -0.2) is 17.2 Å². The Kier molecular flexibility index (Phi) is 6.52. The highest BCUT2D eigenvalue weighted by Crippen LogP contribution is 2.25. The maximum Gasteiger partial charge on any atom is 0.246 e. The summed E-state index contributed by atoms with van der Waals surface area (Å²) in [6.45, 7) is 3.34. The van der Waals surface area contributed by atoms with Crippen LogP contribution in [0.2, 0.25) is 5.02 Å². The second kappa shape index (κ2) is 8.77. The van der Waals surface area contributed by atoms with E-state index in [1.165, 1.54) is 6.92 Å². The van der Waals surface area contributed by atoms with Crippen molar-refractivity contribution in [2.75, 3.05) is 41.6 Å². The molecule has 162 valence electrons. The van der Waals surface area contributed by atoms with Gasteiger partial charge in [-0.3, -0.25) is 9.10 Å². The van der Waals surface area contributed by atoms with Crippen LogP contribution in [-0.4, -0.2) is 57.7 Å². The van der Waals surface area contributed by atoms with E-state index in [1.54, 1.807) is 11.0 Å². The van der Waals surface area contributed by atoms with Crippen molar-refractivity contribution < 1.29 is 22.0 Å². The lowest BCUT2D eigenvalue weighted by molar-refractivity contribution is -0.132. The average molecular weight is 458 g/mol. The standard InChI is InChI=1S/C20H22ClF2N3O3S/c1-14(26(30(2,28)29)17-6-7-18(22)19(23)13-17)20(27)25-10-8-24(9-11-25)16-5-3-4-15(21)12-16/h3-7,12-14H,8-11H2,1-2H3/t14-/m0/s1. The molecule has 0 radical (unpaired) electrons. The third-order valence-corrected chi connectivity index (χ3v) is 6.47. The maximum absolute atomic E-state index is 13.7. The molecule has 1 saturated heterocycles. The van der Waals surface area contributed by atoms with Gasteiger partial charge < -0.3 is 9.80 Å². The molecule has 0 spiro atoms. The molecule has 0 aromatic heterocycles. The van der Waals surface area contributed by atoms with E-state index in [1.807, 2.05) is 18.2 Å². The van der Waals surface area contributed by atoms with E-state index < -0.39 is 33.6 Å². The highest BCUT2D eigenvalue weighted by atomic mass is 35.5. The molecule has 0 unspecified atom stereocenters. The Balaban J connectivity index is 1.75. The molecule has 10 heteroatoms. The van der Waals surface area contributed by atoms with Crippen LogP contribution in [0.25, 0.3) is 0 Å². The predicted molar refractivity (Wildman–Crippen MR) is 113 cm³/mol. The van der Waals surface area contributed by atoms with Gasteiger partial charge in [0, 0.05) is 43.0 Å². The first kappa shape index (κ1) is 22.3. The number of benzene rings is 2. The van der Waals surface area contributed by atoms with E-state index in [4.69, 9.17) is 11.6 Å². The summed E-state index contributed by atoms with van der Waals surface area (Å²) in [5.74, 6) is -2.69. The molecular formula is C20H22ClF2N3O3S. The fourth-order valence-electron chi connectivity index (χ4n) is 3.55. The number of nitrogens with zero attached hydrogens (tertiary/aromatic N) is 3. The Morgan fingerprint density at radius 2 is 1.73 bits per heavy atom. The van der Waals surface area contributed by atoms with Crippen LogP contribution in [0.5, 0.6) is 0 Å². The third-order valence-electron chi connectivity index (χ3n) is 4.99. The predicted octanol–water partition coefficient (Wildman–Crippen LogP) is 3.12. The van der Waals surface area contributed by atoms with Gasteiger partial charge in [0.15, 0.2) is 11.6 Å². The van der Waals surface area contributed by atoms with Crippen LogP contribution in [-0.2, 0) is 14.8 Å². The fourth-order valence-corrected chi connectivity index (χ4v) is 4.89. The molecule has 1 amide bonds. The summed E-state index contributed by atoms with van der Waals surface area (Å²) in [6.07, 6.45) is 0.926. The van der Waals surface area contributed by atoms with E-state index in [0.717, 1.165) is 34.4 Å². The summed E-state index contributed by atoms with van der Waals surface area (Å²) in [7, 11) is -3.92. The average Bonchev–Trinajstić information content (AvgIpc) is 2.69. The van der Waals surface area contributed by atoms with Crippen LogP contribution >= 0.6 is 11.6 Å². The van der Waals surface area contributed by atoms with Gasteiger partial charge in [-0.1, -0.05) is 17.7 Å². The SMILES string of the molecule is C[C@@H](C(=O)N1CCN(c2cccc(Cl)c2)CC1)N(c1ccc(F)c(F)c1)S(C)(=O)=O. The smallest absolute Gasteiger partial charge is 0.246 e. The van der Waals surface area contributed by atoms with Gasteiger partial charge in [-0.2, -0.15) is 0 Å². The number of halogens is 3. The number of hydrogen-bond acceptors (Lipinski definition) is 4. The molecule has 1 aliphatic heterocycles. The van der Waals surface area contributed by atoms with Crippen molar-refractivity contribution in [1.82, 2.24) is 4.90 Å². The van der Waals surface area contributed by atoms with Crippen LogP contribution in [0, 0.1) is 11.6 Å². The van der Waals surface area contributed by atoms with Crippen molar-refractivity contribution >= 4 is 38.9 Å². The first-order valence-electron chi connectivity index (χ1n) is 9.31. The van der Waals surface area contributed by atoms with E-state index in [-0.39, 0.29) is 5.69 Å². The number of carbonyl (C=O) groups is 1. The molecule has 6 nitrogen and oxygen atoms in total. The molecule has 0 aliphatic carbocycles. The lowest BCUT2D eigenvalue weighted by atomic mass is 10.2. The van der Waals surface area contributed by atoms with E-state index in [2.05, 4.69) is 4.90 Å². The second-order valence-corrected chi connectivity index (χ2v) is 9.42. The van der Waals surface area contributed by atoms with Gasteiger partial charge in [-0.15, -0.1) is 0 Å². The van der Waals surface area contributed by atoms with E-state index in [0.29, 0.717) is 31.2 Å². The van der Waals surface area contributed by atoms with Crippen molar-refractivity contribution in [3.05, 3.63) is 59.1 Å². The molecule has 2 aromatic carbocycles. The van der Waals surface area contributed by atoms with Crippen molar-refractivity contribution in [3.8, 4) is 0 Å². The van der Waals surface area contributed by atoms with Gasteiger partial charge in [0.05, 0.1) is 11.9 Å². The molecule has 0 N–H and O–H groups in total. The lowest BCUT2D eigenvalue weighted by Crippen LogP contribution is -2.55. The molecule has 3 rings (SSSR count). The number of carbonyl (C=O) groups excluding carboxylic acids is 1. The Morgan fingerprint density at radius 1 is 1.07 bits per heavy atom. The van der Waals surface area contributed by atoms with Crippen LogP contribution in [0.3, 0.4) is 0 Å². The van der Waals surface area contributed by atoms with Crippen LogP contribution in [0.1, 0.15) is 6.92 Å². The number of amides is 1. The zero-order valence-electron chi connectivity index (χ0n) is 16.6. The summed E-state index contributed by atoms with van der Waals surface area (Å²) >= 11 is 6.04. The topological polar surface area (TPSA) is 60.9 Å². The van der Waals surface area contributed by atoms with Gasteiger partial charge in [0.2, 0.25) is 15.9 Å². The Morgan fingerprint density at radius 3 is 2.30 bits per heavy atom. The number of anilines is 2. The summed E-state index contributed by atoms with van der Waals surface area (Å²) in [5, 5.41) is 0.620. The summed E-state index contributed by atoms with van der Waals surface area (Å²) < 4.78 is 52.5. The quantitative estimate of drug-likeness (QED) is 0.692. The normalized spacial score (nSPS) is 15.8. The molecule has 0 saturated carbocycles. The monoisotopic (exact) mass is 457 g/mol.